The summed E-state index contributed by atoms with van der Waals surface area (Å²) in [5, 5.41) is 0.866. The van der Waals surface area contributed by atoms with Gasteiger partial charge in [0.25, 0.3) is 5.91 Å². The average Bonchev–Trinajstić information content (AvgIpc) is 2.66. The van der Waals surface area contributed by atoms with E-state index in [0.29, 0.717) is 31.1 Å². The van der Waals surface area contributed by atoms with Crippen LogP contribution in [0.2, 0.25) is 0 Å². The minimum atomic E-state index is -0.306. The van der Waals surface area contributed by atoms with Gasteiger partial charge in [-0.25, -0.2) is 9.97 Å². The van der Waals surface area contributed by atoms with Gasteiger partial charge in [-0.15, -0.1) is 0 Å². The van der Waals surface area contributed by atoms with Gasteiger partial charge in [-0.3, -0.25) is 9.78 Å². The summed E-state index contributed by atoms with van der Waals surface area (Å²) in [5.74, 6) is 0.626. The average molecular weight is 348 g/mol. The van der Waals surface area contributed by atoms with Crippen molar-refractivity contribution < 1.29 is 9.53 Å². The molecular weight excluding hydrogens is 328 g/mol. The molecule has 3 heterocycles. The molecule has 1 amide bonds. The molecule has 26 heavy (non-hydrogen) atoms. The van der Waals surface area contributed by atoms with Crippen molar-refractivity contribution in [3.8, 4) is 0 Å². The zero-order chi connectivity index (χ0) is 18.1. The van der Waals surface area contributed by atoms with Crippen LogP contribution in [-0.4, -0.2) is 45.5 Å². The molecule has 0 radical (unpaired) electrons. The van der Waals surface area contributed by atoms with Crippen LogP contribution in [0, 0.1) is 13.8 Å². The molecule has 2 aromatic heterocycles. The molecule has 0 saturated carbocycles. The Labute approximate surface area is 151 Å². The number of carbonyl (C=O) groups is 1. The van der Waals surface area contributed by atoms with Gasteiger partial charge in [0.05, 0.1) is 18.7 Å². The standard InChI is InChI=1S/C20H20N4O2/c1-13-11-14(2)23-19(22-13)18-12-24(9-10-26-18)20(25)16-5-3-7-17-15(16)6-4-8-21-17/h3-8,11,18H,9-10,12H2,1-2H3/t18-/m1/s1. The van der Waals surface area contributed by atoms with Crippen LogP contribution in [0.1, 0.15) is 33.7 Å². The van der Waals surface area contributed by atoms with Gasteiger partial charge in [-0.1, -0.05) is 12.1 Å². The number of hydrogen-bond donors (Lipinski definition) is 0. The summed E-state index contributed by atoms with van der Waals surface area (Å²) in [4.78, 5) is 28.3. The first-order chi connectivity index (χ1) is 12.6. The van der Waals surface area contributed by atoms with Crippen LogP contribution in [0.4, 0.5) is 0 Å². The molecule has 1 aromatic carbocycles. The van der Waals surface area contributed by atoms with Gasteiger partial charge in [0.15, 0.2) is 5.82 Å². The van der Waals surface area contributed by atoms with E-state index in [1.807, 2.05) is 55.1 Å². The van der Waals surface area contributed by atoms with Crippen LogP contribution in [0.3, 0.4) is 0 Å². The molecule has 1 saturated heterocycles. The highest BCUT2D eigenvalue weighted by molar-refractivity contribution is 6.06. The molecule has 1 atom stereocenters. The maximum atomic E-state index is 13.1. The van der Waals surface area contributed by atoms with Gasteiger partial charge in [0.1, 0.15) is 6.10 Å². The Kier molecular flexibility index (Phi) is 4.34. The van der Waals surface area contributed by atoms with Gasteiger partial charge in [-0.2, -0.15) is 0 Å². The van der Waals surface area contributed by atoms with Gasteiger partial charge in [0, 0.05) is 35.1 Å². The SMILES string of the molecule is Cc1cc(C)nc([C@H]2CN(C(=O)c3cccc4ncccc34)CCO2)n1. The number of carbonyl (C=O) groups excluding carboxylic acids is 1. The topological polar surface area (TPSA) is 68.2 Å². The third-order valence-electron chi connectivity index (χ3n) is 4.52. The van der Waals surface area contributed by atoms with E-state index >= 15 is 0 Å². The van der Waals surface area contributed by atoms with Crippen molar-refractivity contribution in [2.75, 3.05) is 19.7 Å². The molecule has 0 N–H and O–H groups in total. The number of fused-ring (bicyclic) bond motifs is 1. The van der Waals surface area contributed by atoms with E-state index in [2.05, 4.69) is 15.0 Å². The molecule has 1 fully saturated rings. The van der Waals surface area contributed by atoms with Gasteiger partial charge < -0.3 is 9.64 Å². The summed E-state index contributed by atoms with van der Waals surface area (Å²) in [6.45, 7) is 5.34. The number of rotatable bonds is 2. The Balaban J connectivity index is 1.62. The van der Waals surface area contributed by atoms with E-state index in [1.165, 1.54) is 0 Å². The molecule has 3 aromatic rings. The number of nitrogens with zero attached hydrogens (tertiary/aromatic N) is 4. The first-order valence-electron chi connectivity index (χ1n) is 8.68. The van der Waals surface area contributed by atoms with Crippen molar-refractivity contribution in [1.82, 2.24) is 19.9 Å². The fourth-order valence-corrected chi connectivity index (χ4v) is 3.35. The maximum Gasteiger partial charge on any atom is 0.254 e. The molecule has 132 valence electrons. The normalized spacial score (nSPS) is 17.5. The van der Waals surface area contributed by atoms with Crippen LogP contribution >= 0.6 is 0 Å². The molecule has 1 aliphatic heterocycles. The molecule has 0 aliphatic carbocycles. The predicted molar refractivity (Wildman–Crippen MR) is 97.8 cm³/mol. The number of benzene rings is 1. The molecule has 0 bridgehead atoms. The summed E-state index contributed by atoms with van der Waals surface area (Å²) in [6.07, 6.45) is 1.43. The van der Waals surface area contributed by atoms with Crippen molar-refractivity contribution in [2.45, 2.75) is 20.0 Å². The Morgan fingerprint density at radius 2 is 1.96 bits per heavy atom. The number of aryl methyl sites for hydroxylation is 2. The second-order valence-electron chi connectivity index (χ2n) is 6.50. The Morgan fingerprint density at radius 3 is 2.77 bits per heavy atom. The summed E-state index contributed by atoms with van der Waals surface area (Å²) >= 11 is 0. The molecule has 0 unspecified atom stereocenters. The van der Waals surface area contributed by atoms with E-state index in [4.69, 9.17) is 4.74 Å². The van der Waals surface area contributed by atoms with E-state index < -0.39 is 0 Å². The maximum absolute atomic E-state index is 13.1. The minimum absolute atomic E-state index is 0.0127. The first kappa shape index (κ1) is 16.6. The summed E-state index contributed by atoms with van der Waals surface area (Å²) < 4.78 is 5.85. The van der Waals surface area contributed by atoms with Crippen molar-refractivity contribution in [3.05, 3.63) is 65.4 Å². The Hall–Kier alpha value is -2.86. The molecule has 6 nitrogen and oxygen atoms in total. The molecular formula is C20H20N4O2. The smallest absolute Gasteiger partial charge is 0.254 e. The fourth-order valence-electron chi connectivity index (χ4n) is 3.35. The van der Waals surface area contributed by atoms with Crippen molar-refractivity contribution in [3.63, 3.8) is 0 Å². The van der Waals surface area contributed by atoms with Crippen LogP contribution in [-0.2, 0) is 4.74 Å². The number of aromatic nitrogens is 3. The van der Waals surface area contributed by atoms with E-state index in [0.717, 1.165) is 22.3 Å². The minimum Gasteiger partial charge on any atom is -0.367 e. The lowest BCUT2D eigenvalue weighted by molar-refractivity contribution is -0.0268. The number of hydrogen-bond acceptors (Lipinski definition) is 5. The summed E-state index contributed by atoms with van der Waals surface area (Å²) in [6, 6.07) is 11.3. The lowest BCUT2D eigenvalue weighted by Gasteiger charge is -2.32. The highest BCUT2D eigenvalue weighted by Gasteiger charge is 2.28. The zero-order valence-electron chi connectivity index (χ0n) is 14.8. The third kappa shape index (κ3) is 3.15. The summed E-state index contributed by atoms with van der Waals surface area (Å²) in [7, 11) is 0. The van der Waals surface area contributed by atoms with E-state index in [9.17, 15) is 4.79 Å². The number of pyridine rings is 1. The van der Waals surface area contributed by atoms with Crippen molar-refractivity contribution >= 4 is 16.8 Å². The zero-order valence-corrected chi connectivity index (χ0v) is 14.8. The van der Waals surface area contributed by atoms with Crippen molar-refractivity contribution in [2.24, 2.45) is 0 Å². The van der Waals surface area contributed by atoms with Gasteiger partial charge in [-0.05, 0) is 38.1 Å². The van der Waals surface area contributed by atoms with Crippen LogP contribution in [0.15, 0.2) is 42.6 Å². The van der Waals surface area contributed by atoms with E-state index in [-0.39, 0.29) is 12.0 Å². The molecule has 1 aliphatic rings. The van der Waals surface area contributed by atoms with Crippen LogP contribution in [0.5, 0.6) is 0 Å². The number of ether oxygens (including phenoxy) is 1. The molecule has 6 heteroatoms. The highest BCUT2D eigenvalue weighted by atomic mass is 16.5. The van der Waals surface area contributed by atoms with Crippen LogP contribution in [0.25, 0.3) is 10.9 Å². The van der Waals surface area contributed by atoms with Crippen molar-refractivity contribution in [1.29, 1.82) is 0 Å². The lowest BCUT2D eigenvalue weighted by Crippen LogP contribution is -2.42. The lowest BCUT2D eigenvalue weighted by atomic mass is 10.1. The summed E-state index contributed by atoms with van der Waals surface area (Å²) in [5.41, 5.74) is 3.29. The second-order valence-corrected chi connectivity index (χ2v) is 6.50. The Bertz CT molecular complexity index is 947. The second kappa shape index (κ2) is 6.80. The van der Waals surface area contributed by atoms with E-state index in [1.54, 1.807) is 6.20 Å². The fraction of sp³-hybridized carbons (Fsp3) is 0.300. The Morgan fingerprint density at radius 1 is 1.15 bits per heavy atom. The van der Waals surface area contributed by atoms with Crippen LogP contribution < -0.4 is 0 Å². The monoisotopic (exact) mass is 348 g/mol. The predicted octanol–water partition coefficient (Wildman–Crippen LogP) is 2.86. The van der Waals surface area contributed by atoms with Gasteiger partial charge >= 0.3 is 0 Å². The third-order valence-corrected chi connectivity index (χ3v) is 4.52. The first-order valence-corrected chi connectivity index (χ1v) is 8.68. The van der Waals surface area contributed by atoms with Gasteiger partial charge in [0.2, 0.25) is 0 Å². The molecule has 4 rings (SSSR count). The quantitative estimate of drug-likeness (QED) is 0.712. The largest absolute Gasteiger partial charge is 0.367 e. The number of morpholine rings is 1. The number of amides is 1. The highest BCUT2D eigenvalue weighted by Crippen LogP contribution is 2.24. The molecule has 0 spiro atoms.